The maximum absolute atomic E-state index is 12.6. The predicted molar refractivity (Wildman–Crippen MR) is 103 cm³/mol. The van der Waals surface area contributed by atoms with E-state index in [1.54, 1.807) is 17.0 Å². The molecule has 0 saturated carbocycles. The summed E-state index contributed by atoms with van der Waals surface area (Å²) in [6.45, 7) is 6.65. The number of halogens is 3. The minimum atomic E-state index is -4.48. The summed E-state index contributed by atoms with van der Waals surface area (Å²) in [7, 11) is 0. The zero-order valence-electron chi connectivity index (χ0n) is 16.9. The molecule has 1 atom stereocenters. The van der Waals surface area contributed by atoms with Crippen molar-refractivity contribution in [2.24, 2.45) is 0 Å². The number of hydrogen-bond donors (Lipinski definition) is 1. The number of nitrogens with one attached hydrogen (secondary N) is 1. The van der Waals surface area contributed by atoms with Crippen LogP contribution in [-0.4, -0.2) is 46.3 Å². The van der Waals surface area contributed by atoms with Crippen LogP contribution in [0.4, 0.5) is 29.6 Å². The molecule has 0 unspecified atom stereocenters. The number of carbonyl (C=O) groups is 1. The maximum Gasteiger partial charge on any atom is 0.419 e. The van der Waals surface area contributed by atoms with Crippen LogP contribution in [0.1, 0.15) is 38.0 Å². The number of benzene rings is 1. The van der Waals surface area contributed by atoms with Crippen molar-refractivity contribution >= 4 is 17.7 Å². The van der Waals surface area contributed by atoms with Gasteiger partial charge in [0.25, 0.3) is 0 Å². The molecule has 0 spiro atoms. The fourth-order valence-electron chi connectivity index (χ4n) is 2.79. The largest absolute Gasteiger partial charge is 0.444 e. The van der Waals surface area contributed by atoms with Gasteiger partial charge in [-0.05, 0) is 38.5 Å². The number of ether oxygens (including phenoxy) is 2. The monoisotopic (exact) mass is 424 g/mol. The first-order chi connectivity index (χ1) is 14.0. The van der Waals surface area contributed by atoms with Gasteiger partial charge in [-0.25, -0.2) is 14.8 Å². The molecule has 10 heteroatoms. The number of rotatable bonds is 3. The predicted octanol–water partition coefficient (Wildman–Crippen LogP) is 4.55. The van der Waals surface area contributed by atoms with Crippen LogP contribution in [-0.2, 0) is 15.7 Å². The Kier molecular flexibility index (Phi) is 6.16. The number of aromatic nitrogens is 2. The number of anilines is 2. The summed E-state index contributed by atoms with van der Waals surface area (Å²) in [5, 5.41) is 2.85. The third-order valence-electron chi connectivity index (χ3n) is 4.24. The number of nitrogens with zero attached hydrogens (tertiary/aromatic N) is 3. The quantitative estimate of drug-likeness (QED) is 0.779. The Morgan fingerprint density at radius 2 is 1.80 bits per heavy atom. The number of amides is 1. The second-order valence-electron chi connectivity index (χ2n) is 7.83. The van der Waals surface area contributed by atoms with Crippen LogP contribution < -0.4 is 5.32 Å². The summed E-state index contributed by atoms with van der Waals surface area (Å²) in [6.07, 6.45) is -3.71. The second-order valence-corrected chi connectivity index (χ2v) is 7.83. The highest BCUT2D eigenvalue weighted by Gasteiger charge is 2.31. The van der Waals surface area contributed by atoms with Gasteiger partial charge < -0.3 is 19.7 Å². The molecule has 2 aromatic rings. The van der Waals surface area contributed by atoms with E-state index in [2.05, 4.69) is 15.3 Å². The highest BCUT2D eigenvalue weighted by molar-refractivity contribution is 5.68. The van der Waals surface area contributed by atoms with E-state index < -0.39 is 17.3 Å². The van der Waals surface area contributed by atoms with Gasteiger partial charge >= 0.3 is 12.3 Å². The molecule has 1 N–H and O–H groups in total. The Hall–Kier alpha value is -2.88. The zero-order chi connectivity index (χ0) is 21.9. The summed E-state index contributed by atoms with van der Waals surface area (Å²) in [4.78, 5) is 21.3. The van der Waals surface area contributed by atoms with E-state index in [0.29, 0.717) is 25.4 Å². The van der Waals surface area contributed by atoms with Crippen molar-refractivity contribution in [3.05, 3.63) is 47.8 Å². The standard InChI is InChI=1S/C20H23F3N4O3/c1-19(2,3)30-18(28)27-8-9-29-16(12-27)13-4-6-15(7-5-13)26-17-24-10-14(11-25-17)20(21,22)23/h4-7,10-11,16H,8-9,12H2,1-3H3,(H,24,25,26)/t16-/m1/s1. The van der Waals surface area contributed by atoms with E-state index in [4.69, 9.17) is 9.47 Å². The normalized spacial score (nSPS) is 17.5. The SMILES string of the molecule is CC(C)(C)OC(=O)N1CCO[C@@H](c2ccc(Nc3ncc(C(F)(F)F)cn3)cc2)C1. The lowest BCUT2D eigenvalue weighted by Gasteiger charge is -2.34. The third-order valence-corrected chi connectivity index (χ3v) is 4.24. The lowest BCUT2D eigenvalue weighted by molar-refractivity contribution is -0.138. The van der Waals surface area contributed by atoms with Gasteiger partial charge in [-0.3, -0.25) is 0 Å². The van der Waals surface area contributed by atoms with Crippen LogP contribution in [0.15, 0.2) is 36.7 Å². The first kappa shape index (κ1) is 21.8. The highest BCUT2D eigenvalue weighted by atomic mass is 19.4. The van der Waals surface area contributed by atoms with Gasteiger partial charge in [-0.15, -0.1) is 0 Å². The van der Waals surface area contributed by atoms with Crippen molar-refractivity contribution in [3.8, 4) is 0 Å². The molecule has 0 bridgehead atoms. The minimum absolute atomic E-state index is 0.0563. The minimum Gasteiger partial charge on any atom is -0.444 e. The average molecular weight is 424 g/mol. The van der Waals surface area contributed by atoms with Gasteiger partial charge in [0.15, 0.2) is 0 Å². The molecule has 1 aliphatic heterocycles. The molecule has 7 nitrogen and oxygen atoms in total. The molecule has 1 saturated heterocycles. The van der Waals surface area contributed by atoms with Crippen LogP contribution in [0, 0.1) is 0 Å². The maximum atomic E-state index is 12.6. The lowest BCUT2D eigenvalue weighted by Crippen LogP contribution is -2.44. The molecule has 3 rings (SSSR count). The molecule has 1 amide bonds. The van der Waals surface area contributed by atoms with Gasteiger partial charge in [0.2, 0.25) is 5.95 Å². The Bertz CT molecular complexity index is 865. The number of morpholine rings is 1. The smallest absolute Gasteiger partial charge is 0.419 e. The van der Waals surface area contributed by atoms with Crippen molar-refractivity contribution in [1.82, 2.24) is 14.9 Å². The van der Waals surface area contributed by atoms with Gasteiger partial charge in [0, 0.05) is 24.6 Å². The van der Waals surface area contributed by atoms with Crippen LogP contribution in [0.2, 0.25) is 0 Å². The van der Waals surface area contributed by atoms with Crippen molar-refractivity contribution < 1.29 is 27.4 Å². The van der Waals surface area contributed by atoms with Crippen LogP contribution in [0.5, 0.6) is 0 Å². The second kappa shape index (κ2) is 8.47. The third kappa shape index (κ3) is 5.82. The molecule has 1 aromatic heterocycles. The summed E-state index contributed by atoms with van der Waals surface area (Å²) in [5.41, 5.74) is -0.00803. The summed E-state index contributed by atoms with van der Waals surface area (Å²) in [5.74, 6) is 0.0563. The number of hydrogen-bond acceptors (Lipinski definition) is 6. The van der Waals surface area contributed by atoms with E-state index in [1.165, 1.54) is 0 Å². The Balaban J connectivity index is 1.62. The molecule has 1 fully saturated rings. The fraction of sp³-hybridized carbons (Fsp3) is 0.450. The van der Waals surface area contributed by atoms with Crippen LogP contribution in [0.3, 0.4) is 0 Å². The molecule has 162 valence electrons. The molecule has 1 aliphatic rings. The molecule has 0 radical (unpaired) electrons. The van der Waals surface area contributed by atoms with Gasteiger partial charge in [0.05, 0.1) is 18.7 Å². The van der Waals surface area contributed by atoms with Crippen molar-refractivity contribution in [2.75, 3.05) is 25.0 Å². The lowest BCUT2D eigenvalue weighted by atomic mass is 10.1. The summed E-state index contributed by atoms with van der Waals surface area (Å²) in [6, 6.07) is 7.11. The Morgan fingerprint density at radius 1 is 1.17 bits per heavy atom. The van der Waals surface area contributed by atoms with Crippen molar-refractivity contribution in [1.29, 1.82) is 0 Å². The zero-order valence-corrected chi connectivity index (χ0v) is 16.9. The molecule has 0 aliphatic carbocycles. The topological polar surface area (TPSA) is 76.6 Å². The molecular formula is C20H23F3N4O3. The van der Waals surface area contributed by atoms with Gasteiger partial charge in [0.1, 0.15) is 11.7 Å². The highest BCUT2D eigenvalue weighted by Crippen LogP contribution is 2.29. The number of alkyl halides is 3. The van der Waals surface area contributed by atoms with Gasteiger partial charge in [-0.2, -0.15) is 13.2 Å². The Labute approximate surface area is 172 Å². The molecule has 1 aromatic carbocycles. The van der Waals surface area contributed by atoms with E-state index in [9.17, 15) is 18.0 Å². The van der Waals surface area contributed by atoms with Crippen LogP contribution in [0.25, 0.3) is 0 Å². The molecule has 30 heavy (non-hydrogen) atoms. The average Bonchev–Trinajstić information content (AvgIpc) is 2.67. The van der Waals surface area contributed by atoms with E-state index >= 15 is 0 Å². The first-order valence-electron chi connectivity index (χ1n) is 9.37. The van der Waals surface area contributed by atoms with E-state index in [0.717, 1.165) is 18.0 Å². The van der Waals surface area contributed by atoms with Crippen molar-refractivity contribution in [2.45, 2.75) is 38.7 Å². The van der Waals surface area contributed by atoms with E-state index in [1.807, 2.05) is 32.9 Å². The number of carbonyl (C=O) groups excluding carboxylic acids is 1. The molecule has 2 heterocycles. The molecular weight excluding hydrogens is 401 g/mol. The summed E-state index contributed by atoms with van der Waals surface area (Å²) >= 11 is 0. The van der Waals surface area contributed by atoms with Crippen molar-refractivity contribution in [3.63, 3.8) is 0 Å². The Morgan fingerprint density at radius 3 is 2.37 bits per heavy atom. The summed E-state index contributed by atoms with van der Waals surface area (Å²) < 4.78 is 48.9. The first-order valence-corrected chi connectivity index (χ1v) is 9.37. The van der Waals surface area contributed by atoms with Gasteiger partial charge in [-0.1, -0.05) is 12.1 Å². The van der Waals surface area contributed by atoms with Crippen LogP contribution >= 0.6 is 0 Å². The fourth-order valence-corrected chi connectivity index (χ4v) is 2.79. The van der Waals surface area contributed by atoms with E-state index in [-0.39, 0.29) is 18.1 Å².